The van der Waals surface area contributed by atoms with Gasteiger partial charge in [0.05, 0.1) is 0 Å². The van der Waals surface area contributed by atoms with Crippen LogP contribution in [0, 0.1) is 0 Å². The summed E-state index contributed by atoms with van der Waals surface area (Å²) in [6.07, 6.45) is 7.05. The minimum Gasteiger partial charge on any atom is -0.299 e. The van der Waals surface area contributed by atoms with Crippen LogP contribution < -0.4 is 0 Å². The highest BCUT2D eigenvalue weighted by Crippen LogP contribution is 2.27. The van der Waals surface area contributed by atoms with Crippen molar-refractivity contribution in [3.8, 4) is 0 Å². The highest BCUT2D eigenvalue weighted by Gasteiger charge is 2.21. The Balaban J connectivity index is 1.36. The summed E-state index contributed by atoms with van der Waals surface area (Å²) in [6, 6.07) is 21.3. The first kappa shape index (κ1) is 16.9. The second-order valence-corrected chi connectivity index (χ2v) is 7.12. The van der Waals surface area contributed by atoms with Crippen LogP contribution in [0.5, 0.6) is 0 Å². The van der Waals surface area contributed by atoms with Crippen molar-refractivity contribution < 1.29 is 0 Å². The maximum Gasteiger partial charge on any atom is 0.0450 e. The van der Waals surface area contributed by atoms with E-state index in [1.165, 1.54) is 35.4 Å². The van der Waals surface area contributed by atoms with E-state index in [9.17, 15) is 0 Å². The van der Waals surface area contributed by atoms with Crippen LogP contribution in [0.4, 0.5) is 0 Å². The van der Waals surface area contributed by atoms with Gasteiger partial charge in [-0.2, -0.15) is 0 Å². The van der Waals surface area contributed by atoms with Crippen molar-refractivity contribution in [1.29, 1.82) is 0 Å². The van der Waals surface area contributed by atoms with E-state index < -0.39 is 0 Å². The molecule has 3 aromatic rings. The molecule has 3 heterocycles. The Morgan fingerprint density at radius 1 is 0.808 bits per heavy atom. The Morgan fingerprint density at radius 2 is 1.58 bits per heavy atom. The first-order valence-electron chi connectivity index (χ1n) is 9.48. The molecule has 3 nitrogen and oxygen atoms in total. The normalized spacial score (nSPS) is 15.8. The topological polar surface area (TPSA) is 29.0 Å². The summed E-state index contributed by atoms with van der Waals surface area (Å²) in [4.78, 5) is 11.6. The molecule has 1 fully saturated rings. The number of likely N-dealkylation sites (tertiary alicyclic amines) is 1. The molecule has 0 saturated carbocycles. The van der Waals surface area contributed by atoms with Crippen molar-refractivity contribution in [3.05, 3.63) is 95.6 Å². The largest absolute Gasteiger partial charge is 0.299 e. The van der Waals surface area contributed by atoms with Gasteiger partial charge in [-0.15, -0.1) is 0 Å². The molecule has 4 rings (SSSR count). The van der Waals surface area contributed by atoms with Gasteiger partial charge >= 0.3 is 0 Å². The van der Waals surface area contributed by atoms with E-state index in [-0.39, 0.29) is 0 Å². The van der Waals surface area contributed by atoms with Gasteiger partial charge < -0.3 is 0 Å². The van der Waals surface area contributed by atoms with Crippen LogP contribution in [0.3, 0.4) is 0 Å². The molecule has 0 spiro atoms. The zero-order chi connectivity index (χ0) is 17.6. The molecule has 1 aromatic carbocycles. The van der Waals surface area contributed by atoms with Crippen LogP contribution in [0.1, 0.15) is 41.3 Å². The number of nitrogens with zero attached hydrogens (tertiary/aromatic N) is 3. The summed E-state index contributed by atoms with van der Waals surface area (Å²) in [7, 11) is 0. The lowest BCUT2D eigenvalue weighted by molar-refractivity contribution is 0.203. The van der Waals surface area contributed by atoms with Gasteiger partial charge in [-0.05, 0) is 61.3 Å². The average Bonchev–Trinajstić information content (AvgIpc) is 2.70. The van der Waals surface area contributed by atoms with Gasteiger partial charge in [-0.1, -0.05) is 36.4 Å². The van der Waals surface area contributed by atoms with Crippen LogP contribution in [-0.2, 0) is 13.0 Å². The summed E-state index contributed by atoms with van der Waals surface area (Å²) >= 11 is 0. The Hall–Kier alpha value is -2.52. The quantitative estimate of drug-likeness (QED) is 0.685. The third-order valence-electron chi connectivity index (χ3n) is 5.22. The van der Waals surface area contributed by atoms with Gasteiger partial charge in [0, 0.05) is 42.7 Å². The Kier molecular flexibility index (Phi) is 5.36. The second-order valence-electron chi connectivity index (χ2n) is 7.12. The molecular formula is C23H25N3. The lowest BCUT2D eigenvalue weighted by Gasteiger charge is -2.31. The van der Waals surface area contributed by atoms with Crippen LogP contribution >= 0.6 is 0 Å². The predicted octanol–water partition coefficient (Wildman–Crippen LogP) is 4.45. The number of piperidine rings is 1. The van der Waals surface area contributed by atoms with Gasteiger partial charge in [0.25, 0.3) is 0 Å². The molecule has 132 valence electrons. The molecule has 3 heteroatoms. The fourth-order valence-corrected chi connectivity index (χ4v) is 3.76. The molecular weight excluding hydrogens is 318 g/mol. The molecule has 2 aromatic heterocycles. The zero-order valence-corrected chi connectivity index (χ0v) is 15.1. The summed E-state index contributed by atoms with van der Waals surface area (Å²) in [5.41, 5.74) is 5.11. The number of rotatable bonds is 5. The first-order valence-corrected chi connectivity index (χ1v) is 9.48. The number of hydrogen-bond acceptors (Lipinski definition) is 3. The van der Waals surface area contributed by atoms with Crippen LogP contribution in [0.2, 0.25) is 0 Å². The van der Waals surface area contributed by atoms with Gasteiger partial charge in [0.15, 0.2) is 0 Å². The summed E-state index contributed by atoms with van der Waals surface area (Å²) in [6.45, 7) is 3.30. The van der Waals surface area contributed by atoms with E-state index >= 15 is 0 Å². The van der Waals surface area contributed by atoms with Crippen LogP contribution in [0.15, 0.2) is 73.1 Å². The lowest BCUT2D eigenvalue weighted by Crippen LogP contribution is -2.32. The maximum absolute atomic E-state index is 4.97. The van der Waals surface area contributed by atoms with E-state index in [0.29, 0.717) is 5.92 Å². The highest BCUT2D eigenvalue weighted by atomic mass is 15.1. The Labute approximate surface area is 155 Å². The van der Waals surface area contributed by atoms with E-state index in [4.69, 9.17) is 4.98 Å². The molecule has 0 aliphatic carbocycles. The number of aromatic nitrogens is 2. The van der Waals surface area contributed by atoms with Gasteiger partial charge in [0.1, 0.15) is 0 Å². The first-order chi connectivity index (χ1) is 12.9. The molecule has 26 heavy (non-hydrogen) atoms. The predicted molar refractivity (Wildman–Crippen MR) is 105 cm³/mol. The minimum absolute atomic E-state index is 0.583. The van der Waals surface area contributed by atoms with Gasteiger partial charge in [0.2, 0.25) is 0 Å². The molecule has 0 radical (unpaired) electrons. The maximum atomic E-state index is 4.97. The van der Waals surface area contributed by atoms with E-state index in [2.05, 4.69) is 70.5 Å². The minimum atomic E-state index is 0.583. The third kappa shape index (κ3) is 4.36. The van der Waals surface area contributed by atoms with E-state index in [1.54, 1.807) is 0 Å². The monoisotopic (exact) mass is 343 g/mol. The van der Waals surface area contributed by atoms with Crippen molar-refractivity contribution in [1.82, 2.24) is 14.9 Å². The third-order valence-corrected chi connectivity index (χ3v) is 5.22. The van der Waals surface area contributed by atoms with Crippen molar-refractivity contribution >= 4 is 0 Å². The summed E-state index contributed by atoms with van der Waals surface area (Å²) < 4.78 is 0. The van der Waals surface area contributed by atoms with Gasteiger partial charge in [-0.3, -0.25) is 14.9 Å². The average molecular weight is 343 g/mol. The van der Waals surface area contributed by atoms with Gasteiger partial charge in [-0.25, -0.2) is 0 Å². The van der Waals surface area contributed by atoms with Crippen molar-refractivity contribution in [2.45, 2.75) is 31.7 Å². The van der Waals surface area contributed by atoms with E-state index in [1.807, 2.05) is 12.4 Å². The summed E-state index contributed by atoms with van der Waals surface area (Å²) in [5.74, 6) is 0.583. The Bertz CT molecular complexity index is 809. The number of pyridine rings is 2. The Morgan fingerprint density at radius 3 is 2.35 bits per heavy atom. The standard InChI is InChI=1S/C23H25N3/c1-2-5-19(6-3-1)17-22-7-4-8-23(25-22)21-11-15-26(16-12-21)18-20-9-13-24-14-10-20/h1-10,13-14,21H,11-12,15-18H2. The van der Waals surface area contributed by atoms with Crippen LogP contribution in [-0.4, -0.2) is 28.0 Å². The molecule has 0 atom stereocenters. The van der Waals surface area contributed by atoms with Crippen molar-refractivity contribution in [3.63, 3.8) is 0 Å². The molecule has 1 saturated heterocycles. The fourth-order valence-electron chi connectivity index (χ4n) is 3.76. The second kappa shape index (κ2) is 8.24. The zero-order valence-electron chi connectivity index (χ0n) is 15.1. The number of hydrogen-bond donors (Lipinski definition) is 0. The molecule has 0 bridgehead atoms. The molecule has 0 amide bonds. The molecule has 1 aliphatic heterocycles. The lowest BCUT2D eigenvalue weighted by atomic mass is 9.92. The molecule has 1 aliphatic rings. The van der Waals surface area contributed by atoms with Crippen molar-refractivity contribution in [2.75, 3.05) is 13.1 Å². The number of benzene rings is 1. The fraction of sp³-hybridized carbons (Fsp3) is 0.304. The van der Waals surface area contributed by atoms with E-state index in [0.717, 1.165) is 26.1 Å². The molecule has 0 N–H and O–H groups in total. The summed E-state index contributed by atoms with van der Waals surface area (Å²) in [5, 5.41) is 0. The van der Waals surface area contributed by atoms with Crippen LogP contribution in [0.25, 0.3) is 0 Å². The molecule has 0 unspecified atom stereocenters. The smallest absolute Gasteiger partial charge is 0.0450 e. The SMILES string of the molecule is c1ccc(Cc2cccc(C3CCN(Cc4ccncc4)CC3)n2)cc1. The highest BCUT2D eigenvalue weighted by molar-refractivity contribution is 5.24. The van der Waals surface area contributed by atoms with Crippen molar-refractivity contribution in [2.24, 2.45) is 0 Å².